The topological polar surface area (TPSA) is 225 Å². The van der Waals surface area contributed by atoms with Gasteiger partial charge in [-0.2, -0.15) is 9.10 Å². The zero-order valence-corrected chi connectivity index (χ0v) is 41.9. The van der Waals surface area contributed by atoms with Crippen LogP contribution in [0.4, 0.5) is 16.4 Å². The minimum Gasteiger partial charge on any atom is -0.497 e. The van der Waals surface area contributed by atoms with E-state index in [1.807, 2.05) is 58.1 Å². The maximum Gasteiger partial charge on any atom is 0.407 e. The molecule has 0 saturated heterocycles. The Bertz CT molecular complexity index is 2760. The van der Waals surface area contributed by atoms with E-state index in [9.17, 15) is 4.79 Å². The summed E-state index contributed by atoms with van der Waals surface area (Å²) in [6, 6.07) is 27.9. The lowest BCUT2D eigenvalue weighted by Crippen LogP contribution is -2.51. The molecule has 0 fully saturated rings. The summed E-state index contributed by atoms with van der Waals surface area (Å²) < 4.78 is 83.2. The van der Waals surface area contributed by atoms with E-state index in [0.717, 1.165) is 5.56 Å². The average molecular weight is 973 g/mol. The van der Waals surface area contributed by atoms with Gasteiger partial charge in [0, 0.05) is 38.6 Å². The molecule has 1 atom stereocenters. The third-order valence-electron chi connectivity index (χ3n) is 11.0. The maximum absolute atomic E-state index is 15.9. The number of sulfonamides is 2. The number of ether oxygens (including phenoxy) is 2. The van der Waals surface area contributed by atoms with E-state index in [1.54, 1.807) is 94.7 Å². The molecule has 0 bridgehead atoms. The van der Waals surface area contributed by atoms with Crippen LogP contribution in [0.2, 0.25) is 18.1 Å². The number of hydrogen-bond donors (Lipinski definition) is 4. The fraction of sp³-hybridized carbons (Fsp3) is 0.370. The van der Waals surface area contributed by atoms with Gasteiger partial charge in [-0.25, -0.2) is 31.3 Å². The Balaban J connectivity index is 1.52. The number of amides is 1. The van der Waals surface area contributed by atoms with Gasteiger partial charge in [-0.15, -0.1) is 10.2 Å². The molecule has 0 radical (unpaired) electrons. The molecule has 4 aromatic carbocycles. The summed E-state index contributed by atoms with van der Waals surface area (Å²) in [6.07, 6.45) is 1.48. The number of nitrogens with zero attached hydrogens (tertiary/aromatic N) is 6. The molecule has 18 nitrogen and oxygen atoms in total. The van der Waals surface area contributed by atoms with Crippen LogP contribution in [0.1, 0.15) is 58.2 Å². The summed E-state index contributed by atoms with van der Waals surface area (Å²) in [6.45, 7) is 14.7. The Morgan fingerprint density at radius 2 is 1.46 bits per heavy atom. The summed E-state index contributed by atoms with van der Waals surface area (Å²) in [5.41, 5.74) is 1.26. The first-order valence-electron chi connectivity index (χ1n) is 21.6. The molecular weight excluding hydrogens is 913 g/mol. The average Bonchev–Trinajstić information content (AvgIpc) is 3.97. The van der Waals surface area contributed by atoms with Crippen molar-refractivity contribution in [3.05, 3.63) is 126 Å². The molecule has 2 aromatic heterocycles. The highest BCUT2D eigenvalue weighted by Gasteiger charge is 2.41. The Morgan fingerprint density at radius 3 is 2.01 bits per heavy atom. The van der Waals surface area contributed by atoms with Crippen molar-refractivity contribution < 1.29 is 35.5 Å². The van der Waals surface area contributed by atoms with Gasteiger partial charge in [0.1, 0.15) is 21.1 Å². The van der Waals surface area contributed by atoms with Gasteiger partial charge < -0.3 is 29.5 Å². The Kier molecular flexibility index (Phi) is 15.7. The van der Waals surface area contributed by atoms with Gasteiger partial charge in [-0.05, 0) is 85.1 Å². The number of benzene rings is 4. The summed E-state index contributed by atoms with van der Waals surface area (Å²) in [5, 5.41) is 18.9. The zero-order valence-electron chi connectivity index (χ0n) is 39.3. The molecule has 67 heavy (non-hydrogen) atoms. The molecule has 21 heteroatoms. The number of anilines is 2. The van der Waals surface area contributed by atoms with Crippen LogP contribution in [0.25, 0.3) is 11.4 Å². The molecule has 0 saturated carbocycles. The van der Waals surface area contributed by atoms with E-state index in [-0.39, 0.29) is 60.8 Å². The van der Waals surface area contributed by atoms with Crippen molar-refractivity contribution in [1.82, 2.24) is 44.5 Å². The van der Waals surface area contributed by atoms with Gasteiger partial charge in [0.15, 0.2) is 8.32 Å². The number of carbonyl (C=O) groups is 1. The van der Waals surface area contributed by atoms with Crippen molar-refractivity contribution in [1.29, 1.82) is 0 Å². The van der Waals surface area contributed by atoms with Crippen molar-refractivity contribution in [2.24, 2.45) is 0 Å². The lowest BCUT2D eigenvalue weighted by Gasteiger charge is -2.39. The largest absolute Gasteiger partial charge is 0.497 e. The smallest absolute Gasteiger partial charge is 0.407 e. The molecule has 0 aliphatic rings. The van der Waals surface area contributed by atoms with Crippen LogP contribution >= 0.6 is 0 Å². The highest BCUT2D eigenvalue weighted by Crippen LogP contribution is 2.41. The Hall–Kier alpha value is -5.97. The molecule has 0 aliphatic heterocycles. The summed E-state index contributed by atoms with van der Waals surface area (Å²) in [5.74, 6) is 0.703. The van der Waals surface area contributed by atoms with Gasteiger partial charge in [-0.3, -0.25) is 0 Å². The van der Waals surface area contributed by atoms with Crippen molar-refractivity contribution in [3.63, 3.8) is 0 Å². The first-order chi connectivity index (χ1) is 31.5. The standard InChI is InChI=1S/C46H60N10O8S2Si/c1-45(2,3)63-44(57)49-28-37(64-67(8,9)46(4,5)6)29-50-65(58,59)39-25-24-38(51-43-47-26-27-48-43)40(42-52-54-56(53-42)32-35-20-22-36(62-7)23-21-35)41(39)66(60,61)55(30-33-16-12-10-13-17-33)31-34-18-14-11-15-19-34/h10-27,37,50H,28-32H2,1-9H3,(H,49,57)(H2,47,48,51)/t37-/m1/s1. The van der Waals surface area contributed by atoms with E-state index in [4.69, 9.17) is 13.9 Å². The zero-order chi connectivity index (χ0) is 48.6. The van der Waals surface area contributed by atoms with E-state index in [0.29, 0.717) is 16.9 Å². The van der Waals surface area contributed by atoms with Gasteiger partial charge >= 0.3 is 6.09 Å². The van der Waals surface area contributed by atoms with E-state index in [1.165, 1.54) is 27.4 Å². The quantitative estimate of drug-likeness (QED) is 0.0547. The summed E-state index contributed by atoms with van der Waals surface area (Å²) in [7, 11) is -10.7. The predicted molar refractivity (Wildman–Crippen MR) is 258 cm³/mol. The number of nitrogens with one attached hydrogen (secondary N) is 4. The summed E-state index contributed by atoms with van der Waals surface area (Å²) >= 11 is 0. The van der Waals surface area contributed by atoms with Crippen molar-refractivity contribution in [3.8, 4) is 17.1 Å². The van der Waals surface area contributed by atoms with E-state index < -0.39 is 56.0 Å². The van der Waals surface area contributed by atoms with Crippen molar-refractivity contribution in [2.45, 2.75) is 101 Å². The van der Waals surface area contributed by atoms with Gasteiger partial charge in [-0.1, -0.05) is 93.6 Å². The number of imidazole rings is 1. The molecule has 1 amide bonds. The minimum absolute atomic E-state index is 0.116. The third kappa shape index (κ3) is 13.4. The van der Waals surface area contributed by atoms with E-state index >= 15 is 16.8 Å². The normalized spacial score (nSPS) is 13.0. The Labute approximate surface area is 394 Å². The third-order valence-corrected chi connectivity index (χ3v) is 19.0. The SMILES string of the molecule is COc1ccc(Cn2nnc(-c3c(Nc4ncc[nH]4)ccc(S(=O)(=O)NC[C@@H](CNC(=O)OC(C)(C)C)O[Si](C)(C)C(C)(C)C)c3S(=O)(=O)N(Cc3ccccc3)Cc3ccccc3)n2)cc1. The second-order valence-corrected chi connectivity index (χ2v) is 26.7. The van der Waals surface area contributed by atoms with E-state index in [2.05, 4.69) is 40.7 Å². The van der Waals surface area contributed by atoms with Crippen LogP contribution in [0, 0.1) is 0 Å². The number of methoxy groups -OCH3 is 1. The van der Waals surface area contributed by atoms with Crippen LogP contribution in [-0.4, -0.2) is 97.6 Å². The number of alkyl carbamates (subject to hydrolysis) is 1. The molecule has 0 unspecified atom stereocenters. The molecule has 6 rings (SSSR count). The first-order valence-corrected chi connectivity index (χ1v) is 27.4. The number of hydrogen-bond acceptors (Lipinski definition) is 13. The second-order valence-electron chi connectivity index (χ2n) is 18.3. The summed E-state index contributed by atoms with van der Waals surface area (Å²) in [4.78, 5) is 20.2. The monoisotopic (exact) mass is 972 g/mol. The van der Waals surface area contributed by atoms with Crippen LogP contribution < -0.4 is 20.1 Å². The fourth-order valence-corrected chi connectivity index (χ4v) is 11.4. The maximum atomic E-state index is 15.9. The molecular formula is C46H60N10O8S2Si. The molecule has 0 aliphatic carbocycles. The minimum atomic E-state index is -4.86. The first kappa shape index (κ1) is 50.4. The lowest BCUT2D eigenvalue weighted by atomic mass is 10.1. The lowest BCUT2D eigenvalue weighted by molar-refractivity contribution is 0.0498. The van der Waals surface area contributed by atoms with Gasteiger partial charge in [0.2, 0.25) is 31.8 Å². The molecule has 6 aromatic rings. The predicted octanol–water partition coefficient (Wildman–Crippen LogP) is 7.45. The second kappa shape index (κ2) is 20.9. The van der Waals surface area contributed by atoms with Crippen molar-refractivity contribution >= 4 is 46.1 Å². The number of rotatable bonds is 20. The van der Waals surface area contributed by atoms with Gasteiger partial charge in [0.25, 0.3) is 0 Å². The Morgan fingerprint density at radius 1 is 0.836 bits per heavy atom. The van der Waals surface area contributed by atoms with Crippen LogP contribution in [0.3, 0.4) is 0 Å². The van der Waals surface area contributed by atoms with Crippen LogP contribution in [0.5, 0.6) is 5.75 Å². The van der Waals surface area contributed by atoms with Crippen LogP contribution in [0.15, 0.2) is 119 Å². The number of H-pyrrole nitrogens is 1. The highest BCUT2D eigenvalue weighted by atomic mass is 32.2. The number of aromatic nitrogens is 6. The number of tetrazole rings is 1. The fourth-order valence-electron chi connectivity index (χ4n) is 6.59. The molecule has 4 N–H and O–H groups in total. The van der Waals surface area contributed by atoms with Crippen LogP contribution in [-0.2, 0) is 48.8 Å². The number of aromatic amines is 1. The molecule has 0 spiro atoms. The number of carbonyl (C=O) groups excluding carboxylic acids is 1. The molecule has 358 valence electrons. The highest BCUT2D eigenvalue weighted by molar-refractivity contribution is 7.92. The van der Waals surface area contributed by atoms with Gasteiger partial charge in [0.05, 0.1) is 31.0 Å². The van der Waals surface area contributed by atoms with Crippen molar-refractivity contribution in [2.75, 3.05) is 25.5 Å². The molecule has 2 heterocycles.